The van der Waals surface area contributed by atoms with E-state index in [0.717, 1.165) is 17.5 Å². The smallest absolute Gasteiger partial charge is 0.0931 e. The molecule has 0 amide bonds. The van der Waals surface area contributed by atoms with Crippen molar-refractivity contribution in [3.63, 3.8) is 0 Å². The van der Waals surface area contributed by atoms with Crippen LogP contribution in [-0.4, -0.2) is 34.5 Å². The Morgan fingerprint density at radius 3 is 3.00 bits per heavy atom. The van der Waals surface area contributed by atoms with Gasteiger partial charge in [0.2, 0.25) is 0 Å². The molecule has 3 rings (SSSR count). The molecule has 0 radical (unpaired) electrons. The Kier molecular flexibility index (Phi) is 2.62. The highest BCUT2D eigenvalue weighted by Gasteiger charge is 2.11. The van der Waals surface area contributed by atoms with Gasteiger partial charge in [0.05, 0.1) is 17.4 Å². The Balaban J connectivity index is 1.75. The number of nitrogens with one attached hydrogen (secondary N) is 1. The number of hydrogen-bond acceptors (Lipinski definition) is 2. The van der Waals surface area contributed by atoms with Crippen LogP contribution in [0.25, 0.3) is 11.0 Å². The van der Waals surface area contributed by atoms with E-state index in [4.69, 9.17) is 0 Å². The van der Waals surface area contributed by atoms with Crippen molar-refractivity contribution >= 4 is 11.0 Å². The highest BCUT2D eigenvalue weighted by Crippen LogP contribution is 2.16. The molecule has 0 bridgehead atoms. The Bertz CT molecular complexity index is 469. The van der Waals surface area contributed by atoms with Crippen LogP contribution < -0.4 is 0 Å². The van der Waals surface area contributed by atoms with Gasteiger partial charge < -0.3 is 9.88 Å². The summed E-state index contributed by atoms with van der Waals surface area (Å²) in [4.78, 5) is 10.1. The van der Waals surface area contributed by atoms with Crippen LogP contribution in [0.15, 0.2) is 24.5 Å². The van der Waals surface area contributed by atoms with E-state index in [0.29, 0.717) is 0 Å². The topological polar surface area (TPSA) is 31.9 Å². The normalized spacial score (nSPS) is 17.2. The molecule has 1 N–H and O–H groups in total. The number of likely N-dealkylation sites (tertiary alicyclic amines) is 1. The molecule has 0 saturated carbocycles. The molecular formula is C13H17N3. The van der Waals surface area contributed by atoms with E-state index in [1.165, 1.54) is 38.0 Å². The van der Waals surface area contributed by atoms with Gasteiger partial charge in [0.1, 0.15) is 0 Å². The van der Waals surface area contributed by atoms with Gasteiger partial charge >= 0.3 is 0 Å². The molecule has 1 aromatic heterocycles. The molecule has 1 aliphatic heterocycles. The second kappa shape index (κ2) is 4.26. The number of nitrogens with zero attached hydrogens (tertiary/aromatic N) is 2. The van der Waals surface area contributed by atoms with Crippen LogP contribution in [0.4, 0.5) is 0 Å². The molecule has 1 aliphatic rings. The van der Waals surface area contributed by atoms with E-state index in [1.807, 2.05) is 0 Å². The van der Waals surface area contributed by atoms with Crippen molar-refractivity contribution in [2.45, 2.75) is 19.3 Å². The first-order valence-electron chi connectivity index (χ1n) is 6.07. The molecule has 1 saturated heterocycles. The van der Waals surface area contributed by atoms with Crippen molar-refractivity contribution in [1.29, 1.82) is 0 Å². The predicted molar refractivity (Wildman–Crippen MR) is 65.5 cm³/mol. The number of aromatic amines is 1. The minimum absolute atomic E-state index is 1.11. The highest BCUT2D eigenvalue weighted by molar-refractivity contribution is 5.78. The number of H-pyrrole nitrogens is 1. The maximum atomic E-state index is 4.39. The summed E-state index contributed by atoms with van der Waals surface area (Å²) in [7, 11) is 0. The first-order valence-corrected chi connectivity index (χ1v) is 6.07. The van der Waals surface area contributed by atoms with E-state index in [9.17, 15) is 0 Å². The van der Waals surface area contributed by atoms with Crippen LogP contribution in [0.2, 0.25) is 0 Å². The van der Waals surface area contributed by atoms with Crippen molar-refractivity contribution in [1.82, 2.24) is 14.9 Å². The van der Waals surface area contributed by atoms with E-state index in [2.05, 4.69) is 33.1 Å². The average molecular weight is 215 g/mol. The number of para-hydroxylation sites is 1. The third kappa shape index (κ3) is 1.83. The summed E-state index contributed by atoms with van der Waals surface area (Å²) in [5.74, 6) is 0. The first kappa shape index (κ1) is 9.85. The van der Waals surface area contributed by atoms with Crippen molar-refractivity contribution in [3.05, 3.63) is 30.1 Å². The minimum Gasteiger partial charge on any atom is -0.345 e. The molecule has 0 unspecified atom stereocenters. The number of fused-ring (bicyclic) bond motifs is 1. The monoisotopic (exact) mass is 215 g/mol. The quantitative estimate of drug-likeness (QED) is 0.851. The lowest BCUT2D eigenvalue weighted by molar-refractivity contribution is 0.344. The number of benzene rings is 1. The molecule has 3 nitrogen and oxygen atoms in total. The van der Waals surface area contributed by atoms with Gasteiger partial charge in [0.15, 0.2) is 0 Å². The first-order chi connectivity index (χ1) is 7.93. The molecule has 2 aromatic rings. The fourth-order valence-electron chi connectivity index (χ4n) is 2.51. The van der Waals surface area contributed by atoms with Gasteiger partial charge in [-0.3, -0.25) is 0 Å². The van der Waals surface area contributed by atoms with Crippen molar-refractivity contribution < 1.29 is 0 Å². The molecule has 16 heavy (non-hydrogen) atoms. The summed E-state index contributed by atoms with van der Waals surface area (Å²) in [6.45, 7) is 3.72. The molecule has 0 spiro atoms. The van der Waals surface area contributed by atoms with Gasteiger partial charge in [-0.15, -0.1) is 0 Å². The Morgan fingerprint density at radius 1 is 1.25 bits per heavy atom. The Hall–Kier alpha value is -1.35. The summed E-state index contributed by atoms with van der Waals surface area (Å²) in [6.07, 6.45) is 5.63. The fraction of sp³-hybridized carbons (Fsp3) is 0.462. The zero-order valence-electron chi connectivity index (χ0n) is 9.45. The van der Waals surface area contributed by atoms with Crippen molar-refractivity contribution in [2.75, 3.05) is 19.6 Å². The van der Waals surface area contributed by atoms with Crippen LogP contribution in [0.3, 0.4) is 0 Å². The molecule has 84 valence electrons. The molecule has 2 heterocycles. The third-order valence-corrected chi connectivity index (χ3v) is 3.43. The summed E-state index contributed by atoms with van der Waals surface area (Å²) in [5.41, 5.74) is 3.66. The van der Waals surface area contributed by atoms with Crippen LogP contribution in [0.5, 0.6) is 0 Å². The second-order valence-electron chi connectivity index (χ2n) is 4.51. The SMILES string of the molecule is c1cc(CCN2CCCC2)c2nc[nH]c2c1. The van der Waals surface area contributed by atoms with Crippen LogP contribution in [0, 0.1) is 0 Å². The van der Waals surface area contributed by atoms with Gasteiger partial charge in [0, 0.05) is 6.54 Å². The second-order valence-corrected chi connectivity index (χ2v) is 4.51. The maximum absolute atomic E-state index is 4.39. The zero-order chi connectivity index (χ0) is 10.8. The van der Waals surface area contributed by atoms with Gasteiger partial charge in [-0.2, -0.15) is 0 Å². The lowest BCUT2D eigenvalue weighted by Crippen LogP contribution is -2.21. The largest absolute Gasteiger partial charge is 0.345 e. The van der Waals surface area contributed by atoms with Gasteiger partial charge in [-0.25, -0.2) is 4.98 Å². The summed E-state index contributed by atoms with van der Waals surface area (Å²) in [6, 6.07) is 6.39. The maximum Gasteiger partial charge on any atom is 0.0931 e. The molecule has 1 fully saturated rings. The Labute approximate surface area is 95.5 Å². The summed E-state index contributed by atoms with van der Waals surface area (Å²) < 4.78 is 0. The fourth-order valence-corrected chi connectivity index (χ4v) is 2.51. The lowest BCUT2D eigenvalue weighted by atomic mass is 10.1. The average Bonchev–Trinajstić information content (AvgIpc) is 2.97. The minimum atomic E-state index is 1.11. The number of imidazole rings is 1. The van der Waals surface area contributed by atoms with E-state index in [1.54, 1.807) is 6.33 Å². The molecule has 0 aliphatic carbocycles. The van der Waals surface area contributed by atoms with E-state index < -0.39 is 0 Å². The number of aromatic nitrogens is 2. The van der Waals surface area contributed by atoms with Crippen LogP contribution in [-0.2, 0) is 6.42 Å². The van der Waals surface area contributed by atoms with Crippen LogP contribution in [0.1, 0.15) is 18.4 Å². The lowest BCUT2D eigenvalue weighted by Gasteiger charge is -2.14. The number of rotatable bonds is 3. The van der Waals surface area contributed by atoms with Crippen LogP contribution >= 0.6 is 0 Å². The molecule has 3 heteroatoms. The number of hydrogen-bond donors (Lipinski definition) is 1. The zero-order valence-corrected chi connectivity index (χ0v) is 9.45. The predicted octanol–water partition coefficient (Wildman–Crippen LogP) is 2.20. The highest BCUT2D eigenvalue weighted by atomic mass is 15.1. The molecular weight excluding hydrogens is 198 g/mol. The van der Waals surface area contributed by atoms with Gasteiger partial charge in [0.25, 0.3) is 0 Å². The summed E-state index contributed by atoms with van der Waals surface area (Å²) in [5, 5.41) is 0. The standard InChI is InChI=1S/C13H17N3/c1-2-8-16(7-1)9-6-11-4-3-5-12-13(11)15-10-14-12/h3-5,10H,1-2,6-9H2,(H,14,15). The van der Waals surface area contributed by atoms with Crippen molar-refractivity contribution in [3.8, 4) is 0 Å². The van der Waals surface area contributed by atoms with Gasteiger partial charge in [-0.1, -0.05) is 12.1 Å². The van der Waals surface area contributed by atoms with E-state index >= 15 is 0 Å². The van der Waals surface area contributed by atoms with Crippen molar-refractivity contribution in [2.24, 2.45) is 0 Å². The summed E-state index contributed by atoms with van der Waals surface area (Å²) >= 11 is 0. The molecule has 1 aromatic carbocycles. The van der Waals surface area contributed by atoms with E-state index in [-0.39, 0.29) is 0 Å². The molecule has 0 atom stereocenters. The Morgan fingerprint density at radius 2 is 2.12 bits per heavy atom. The van der Waals surface area contributed by atoms with Gasteiger partial charge in [-0.05, 0) is 44.0 Å². The third-order valence-electron chi connectivity index (χ3n) is 3.43.